The molecule has 2 aromatic rings. The van der Waals surface area contributed by atoms with Crippen molar-refractivity contribution in [3.63, 3.8) is 0 Å². The highest BCUT2D eigenvalue weighted by molar-refractivity contribution is 5.73. The molecule has 0 spiro atoms. The Morgan fingerprint density at radius 3 is 2.75 bits per heavy atom. The van der Waals surface area contributed by atoms with Crippen molar-refractivity contribution >= 4 is 11.6 Å². The molecule has 0 unspecified atom stereocenters. The molecule has 1 heterocycles. The van der Waals surface area contributed by atoms with Crippen molar-refractivity contribution in [1.82, 2.24) is 9.97 Å². The van der Waals surface area contributed by atoms with Crippen molar-refractivity contribution in [2.75, 3.05) is 11.9 Å². The first kappa shape index (κ1) is 13.9. The predicted octanol–water partition coefficient (Wildman–Crippen LogP) is 1.58. The number of ether oxygens (including phenoxy) is 1. The van der Waals surface area contributed by atoms with Gasteiger partial charge in [-0.2, -0.15) is 0 Å². The maximum Gasteiger partial charge on any atom is 0.220 e. The number of carbonyl (C=O) groups excluding carboxylic acids is 1. The van der Waals surface area contributed by atoms with Crippen LogP contribution in [-0.2, 0) is 11.3 Å². The van der Waals surface area contributed by atoms with Crippen molar-refractivity contribution in [2.45, 2.75) is 19.9 Å². The lowest BCUT2D eigenvalue weighted by Crippen LogP contribution is -2.14. The Kier molecular flexibility index (Phi) is 4.60. The molecule has 6 nitrogen and oxygen atoms in total. The number of hydrogen-bond acceptors (Lipinski definition) is 4. The van der Waals surface area contributed by atoms with Crippen LogP contribution in [-0.4, -0.2) is 22.5 Å². The van der Waals surface area contributed by atoms with Crippen LogP contribution in [0.1, 0.15) is 17.8 Å². The lowest BCUT2D eigenvalue weighted by molar-refractivity contribution is -0.118. The van der Waals surface area contributed by atoms with Gasteiger partial charge in [-0.25, -0.2) is 4.98 Å². The van der Waals surface area contributed by atoms with Crippen molar-refractivity contribution in [3.8, 4) is 5.75 Å². The SMILES string of the molecule is Cc1[nH]cnc1CNc1ccc(OCCC(N)=O)cc1. The smallest absolute Gasteiger partial charge is 0.220 e. The molecule has 0 saturated carbocycles. The van der Waals surface area contributed by atoms with Crippen LogP contribution in [0, 0.1) is 6.92 Å². The summed E-state index contributed by atoms with van der Waals surface area (Å²) in [5.41, 5.74) is 8.07. The number of H-pyrrole nitrogens is 1. The Morgan fingerprint density at radius 1 is 1.40 bits per heavy atom. The van der Waals surface area contributed by atoms with Crippen LogP contribution in [0.5, 0.6) is 5.75 Å². The molecular weight excluding hydrogens is 256 g/mol. The molecule has 0 aliphatic carbocycles. The molecule has 0 saturated heterocycles. The lowest BCUT2D eigenvalue weighted by Gasteiger charge is -2.08. The number of aromatic amines is 1. The molecule has 20 heavy (non-hydrogen) atoms. The minimum atomic E-state index is -0.363. The summed E-state index contributed by atoms with van der Waals surface area (Å²) in [5, 5.41) is 3.28. The Morgan fingerprint density at radius 2 is 2.15 bits per heavy atom. The van der Waals surface area contributed by atoms with Gasteiger partial charge >= 0.3 is 0 Å². The van der Waals surface area contributed by atoms with Crippen LogP contribution in [0.4, 0.5) is 5.69 Å². The number of imidazole rings is 1. The number of benzene rings is 1. The summed E-state index contributed by atoms with van der Waals surface area (Å²) in [4.78, 5) is 17.8. The molecule has 0 atom stereocenters. The molecular formula is C14H18N4O2. The van der Waals surface area contributed by atoms with Gasteiger partial charge in [0, 0.05) is 11.4 Å². The quantitative estimate of drug-likeness (QED) is 0.714. The Hall–Kier alpha value is -2.50. The molecule has 0 aliphatic heterocycles. The second kappa shape index (κ2) is 6.60. The zero-order valence-corrected chi connectivity index (χ0v) is 11.3. The molecule has 1 amide bonds. The number of nitrogens with one attached hydrogen (secondary N) is 2. The van der Waals surface area contributed by atoms with Gasteiger partial charge in [-0.15, -0.1) is 0 Å². The van der Waals surface area contributed by atoms with Crippen LogP contribution < -0.4 is 15.8 Å². The van der Waals surface area contributed by atoms with E-state index >= 15 is 0 Å². The van der Waals surface area contributed by atoms with E-state index in [1.165, 1.54) is 0 Å². The van der Waals surface area contributed by atoms with Crippen molar-refractivity contribution in [3.05, 3.63) is 42.0 Å². The molecule has 0 aliphatic rings. The number of rotatable bonds is 7. The number of nitrogens with zero attached hydrogens (tertiary/aromatic N) is 1. The molecule has 6 heteroatoms. The van der Waals surface area contributed by atoms with E-state index in [4.69, 9.17) is 10.5 Å². The predicted molar refractivity (Wildman–Crippen MR) is 76.4 cm³/mol. The number of aryl methyl sites for hydroxylation is 1. The molecule has 1 aromatic heterocycles. The number of anilines is 1. The van der Waals surface area contributed by atoms with E-state index in [2.05, 4.69) is 15.3 Å². The number of nitrogens with two attached hydrogens (primary N) is 1. The van der Waals surface area contributed by atoms with Gasteiger partial charge in [0.2, 0.25) is 5.91 Å². The first-order valence-corrected chi connectivity index (χ1v) is 6.39. The second-order valence-electron chi connectivity index (χ2n) is 4.42. The highest BCUT2D eigenvalue weighted by Gasteiger charge is 2.01. The number of primary amides is 1. The third kappa shape index (κ3) is 4.01. The first-order chi connectivity index (χ1) is 9.65. The normalized spacial score (nSPS) is 10.2. The Labute approximate surface area is 117 Å². The Bertz CT molecular complexity index is 563. The largest absolute Gasteiger partial charge is 0.493 e. The highest BCUT2D eigenvalue weighted by Crippen LogP contribution is 2.16. The van der Waals surface area contributed by atoms with Gasteiger partial charge in [-0.05, 0) is 31.2 Å². The monoisotopic (exact) mass is 274 g/mol. The van der Waals surface area contributed by atoms with Crippen LogP contribution in [0.25, 0.3) is 0 Å². The lowest BCUT2D eigenvalue weighted by atomic mass is 10.3. The fourth-order valence-electron chi connectivity index (χ4n) is 1.69. The molecule has 4 N–H and O–H groups in total. The third-order valence-electron chi connectivity index (χ3n) is 2.87. The van der Waals surface area contributed by atoms with E-state index in [1.54, 1.807) is 6.33 Å². The zero-order valence-electron chi connectivity index (χ0n) is 11.3. The highest BCUT2D eigenvalue weighted by atomic mass is 16.5. The van der Waals surface area contributed by atoms with E-state index in [-0.39, 0.29) is 12.3 Å². The van der Waals surface area contributed by atoms with E-state index in [0.29, 0.717) is 18.9 Å². The fraction of sp³-hybridized carbons (Fsp3) is 0.286. The van der Waals surface area contributed by atoms with Crippen LogP contribution in [0.2, 0.25) is 0 Å². The Balaban J connectivity index is 1.82. The topological polar surface area (TPSA) is 93.0 Å². The van der Waals surface area contributed by atoms with Gasteiger partial charge in [0.05, 0.1) is 31.6 Å². The summed E-state index contributed by atoms with van der Waals surface area (Å²) in [6, 6.07) is 7.53. The van der Waals surface area contributed by atoms with Crippen molar-refractivity contribution in [1.29, 1.82) is 0 Å². The average molecular weight is 274 g/mol. The maximum absolute atomic E-state index is 10.6. The summed E-state index contributed by atoms with van der Waals surface area (Å²) in [6.45, 7) is 2.95. The third-order valence-corrected chi connectivity index (χ3v) is 2.87. The number of amides is 1. The molecule has 0 radical (unpaired) electrons. The summed E-state index contributed by atoms with van der Waals surface area (Å²) >= 11 is 0. The number of hydrogen-bond donors (Lipinski definition) is 3. The van der Waals surface area contributed by atoms with E-state index in [1.807, 2.05) is 31.2 Å². The van der Waals surface area contributed by atoms with Gasteiger partial charge < -0.3 is 20.8 Å². The first-order valence-electron chi connectivity index (χ1n) is 6.39. The summed E-state index contributed by atoms with van der Waals surface area (Å²) < 4.78 is 5.40. The maximum atomic E-state index is 10.6. The second-order valence-corrected chi connectivity index (χ2v) is 4.42. The zero-order chi connectivity index (χ0) is 14.4. The van der Waals surface area contributed by atoms with Crippen LogP contribution >= 0.6 is 0 Å². The van der Waals surface area contributed by atoms with Gasteiger partial charge in [0.25, 0.3) is 0 Å². The molecule has 2 rings (SSSR count). The van der Waals surface area contributed by atoms with Crippen LogP contribution in [0.15, 0.2) is 30.6 Å². The van der Waals surface area contributed by atoms with E-state index in [0.717, 1.165) is 17.1 Å². The summed E-state index contributed by atoms with van der Waals surface area (Å²) in [5.74, 6) is 0.352. The summed E-state index contributed by atoms with van der Waals surface area (Å²) in [7, 11) is 0. The van der Waals surface area contributed by atoms with Gasteiger partial charge in [0.15, 0.2) is 0 Å². The summed E-state index contributed by atoms with van der Waals surface area (Å²) in [6.07, 6.45) is 1.90. The molecule has 0 fully saturated rings. The molecule has 106 valence electrons. The van der Waals surface area contributed by atoms with Crippen LogP contribution in [0.3, 0.4) is 0 Å². The number of aromatic nitrogens is 2. The minimum absolute atomic E-state index is 0.221. The van der Waals surface area contributed by atoms with E-state index in [9.17, 15) is 4.79 Å². The standard InChI is InChI=1S/C14H18N4O2/c1-10-13(18-9-17-10)8-16-11-2-4-12(5-3-11)20-7-6-14(15)19/h2-5,9,16H,6-8H2,1H3,(H2,15,19)(H,17,18). The average Bonchev–Trinajstić information content (AvgIpc) is 2.83. The van der Waals surface area contributed by atoms with Crippen molar-refractivity contribution < 1.29 is 9.53 Å². The minimum Gasteiger partial charge on any atom is -0.493 e. The van der Waals surface area contributed by atoms with Gasteiger partial charge in [-0.1, -0.05) is 0 Å². The molecule has 1 aromatic carbocycles. The molecule has 0 bridgehead atoms. The van der Waals surface area contributed by atoms with Crippen molar-refractivity contribution in [2.24, 2.45) is 5.73 Å². The van der Waals surface area contributed by atoms with E-state index < -0.39 is 0 Å². The number of carbonyl (C=O) groups is 1. The van der Waals surface area contributed by atoms with Gasteiger partial charge in [0.1, 0.15) is 5.75 Å². The fourth-order valence-corrected chi connectivity index (χ4v) is 1.69. The van der Waals surface area contributed by atoms with Gasteiger partial charge in [-0.3, -0.25) is 4.79 Å².